The van der Waals surface area contributed by atoms with Crippen LogP contribution in [-0.4, -0.2) is 65.8 Å². The van der Waals surface area contributed by atoms with E-state index >= 15 is 0 Å². The Balaban J connectivity index is 1.66. The minimum absolute atomic E-state index is 0.156. The largest absolute Gasteiger partial charge is 0.465 e. The van der Waals surface area contributed by atoms with E-state index < -0.39 is 16.5 Å². The SMILES string of the molecule is COC(=O)c1ccc([N+](=O)[O-])c(Nc2ccc(N3CCN(C(=O)OC(C)(C)C)CC3)nc2)c1. The minimum Gasteiger partial charge on any atom is -0.465 e. The molecule has 11 nitrogen and oxygen atoms in total. The van der Waals surface area contributed by atoms with Crippen LogP contribution in [0.1, 0.15) is 31.1 Å². The van der Waals surface area contributed by atoms with Crippen molar-refractivity contribution in [3.05, 3.63) is 52.2 Å². The summed E-state index contributed by atoms with van der Waals surface area (Å²) in [6.45, 7) is 7.74. The van der Waals surface area contributed by atoms with E-state index in [0.29, 0.717) is 31.9 Å². The predicted molar refractivity (Wildman–Crippen MR) is 122 cm³/mol. The standard InChI is InChI=1S/C22H27N5O6/c1-22(2,3)33-21(29)26-11-9-25(10-12-26)19-8-6-16(14-23-19)24-17-13-15(20(28)32-4)5-7-18(17)27(30)31/h5-8,13-14,24H,9-12H2,1-4H3. The second kappa shape index (κ2) is 9.72. The van der Waals surface area contributed by atoms with Crippen LogP contribution < -0.4 is 10.2 Å². The molecule has 0 spiro atoms. The summed E-state index contributed by atoms with van der Waals surface area (Å²) in [5.41, 5.74) is 0.159. The maximum absolute atomic E-state index is 12.2. The van der Waals surface area contributed by atoms with Crippen LogP contribution in [0.2, 0.25) is 0 Å². The fourth-order valence-electron chi connectivity index (χ4n) is 3.29. The van der Waals surface area contributed by atoms with Crippen LogP contribution >= 0.6 is 0 Å². The zero-order valence-electron chi connectivity index (χ0n) is 19.0. The normalized spacial score (nSPS) is 13.9. The number of amides is 1. The minimum atomic E-state index is -0.591. The van der Waals surface area contributed by atoms with Gasteiger partial charge in [-0.1, -0.05) is 0 Å². The van der Waals surface area contributed by atoms with Gasteiger partial charge in [0.15, 0.2) is 0 Å². The van der Waals surface area contributed by atoms with Crippen LogP contribution in [0.5, 0.6) is 0 Å². The van der Waals surface area contributed by atoms with Gasteiger partial charge in [-0.15, -0.1) is 0 Å². The quantitative estimate of drug-likeness (QED) is 0.407. The van der Waals surface area contributed by atoms with E-state index in [-0.39, 0.29) is 23.0 Å². The number of nitro benzene ring substituents is 1. The Bertz CT molecular complexity index is 1030. The van der Waals surface area contributed by atoms with Gasteiger partial charge in [-0.2, -0.15) is 0 Å². The van der Waals surface area contributed by atoms with E-state index in [1.807, 2.05) is 25.7 Å². The highest BCUT2D eigenvalue weighted by molar-refractivity contribution is 5.92. The molecule has 1 N–H and O–H groups in total. The highest BCUT2D eigenvalue weighted by Crippen LogP contribution is 2.29. The van der Waals surface area contributed by atoms with Crippen molar-refractivity contribution in [3.8, 4) is 0 Å². The van der Waals surface area contributed by atoms with Gasteiger partial charge in [0, 0.05) is 32.2 Å². The zero-order chi connectivity index (χ0) is 24.2. The first kappa shape index (κ1) is 23.8. The molecule has 0 unspecified atom stereocenters. The van der Waals surface area contributed by atoms with Gasteiger partial charge in [0.25, 0.3) is 5.69 Å². The van der Waals surface area contributed by atoms with Crippen LogP contribution in [-0.2, 0) is 9.47 Å². The number of pyridine rings is 1. The lowest BCUT2D eigenvalue weighted by molar-refractivity contribution is -0.383. The van der Waals surface area contributed by atoms with E-state index in [1.165, 1.54) is 25.3 Å². The number of nitro groups is 1. The van der Waals surface area contributed by atoms with Gasteiger partial charge in [0.05, 0.1) is 29.5 Å². The van der Waals surface area contributed by atoms with E-state index in [4.69, 9.17) is 4.74 Å². The summed E-state index contributed by atoms with van der Waals surface area (Å²) in [5.74, 6) is 0.133. The fourth-order valence-corrected chi connectivity index (χ4v) is 3.29. The van der Waals surface area contributed by atoms with Gasteiger partial charge in [0.2, 0.25) is 0 Å². The number of ether oxygens (including phenoxy) is 2. The van der Waals surface area contributed by atoms with Gasteiger partial charge in [-0.3, -0.25) is 10.1 Å². The smallest absolute Gasteiger partial charge is 0.410 e. The molecule has 1 aromatic heterocycles. The van der Waals surface area contributed by atoms with Crippen molar-refractivity contribution in [2.75, 3.05) is 43.5 Å². The molecule has 1 fully saturated rings. The number of nitrogens with one attached hydrogen (secondary N) is 1. The molecule has 1 aromatic carbocycles. The lowest BCUT2D eigenvalue weighted by Gasteiger charge is -2.36. The summed E-state index contributed by atoms with van der Waals surface area (Å²) < 4.78 is 10.1. The van der Waals surface area contributed by atoms with Gasteiger partial charge < -0.3 is 24.6 Å². The first-order valence-corrected chi connectivity index (χ1v) is 10.4. The van der Waals surface area contributed by atoms with Crippen molar-refractivity contribution in [2.45, 2.75) is 26.4 Å². The first-order valence-electron chi connectivity index (χ1n) is 10.4. The molecule has 2 aromatic rings. The van der Waals surface area contributed by atoms with Crippen molar-refractivity contribution >= 4 is 34.9 Å². The summed E-state index contributed by atoms with van der Waals surface area (Å²) in [4.78, 5) is 43.0. The lowest BCUT2D eigenvalue weighted by Crippen LogP contribution is -2.50. The molecular formula is C22H27N5O6. The molecule has 1 aliphatic heterocycles. The number of nitrogens with zero attached hydrogens (tertiary/aromatic N) is 4. The second-order valence-electron chi connectivity index (χ2n) is 8.47. The highest BCUT2D eigenvalue weighted by Gasteiger charge is 2.26. The molecule has 0 atom stereocenters. The topological polar surface area (TPSA) is 127 Å². The number of methoxy groups -OCH3 is 1. The molecule has 176 valence electrons. The zero-order valence-corrected chi connectivity index (χ0v) is 19.0. The van der Waals surface area contributed by atoms with E-state index in [9.17, 15) is 19.7 Å². The van der Waals surface area contributed by atoms with E-state index in [2.05, 4.69) is 15.0 Å². The van der Waals surface area contributed by atoms with Gasteiger partial charge in [0.1, 0.15) is 17.1 Å². The Hall–Kier alpha value is -3.89. The van der Waals surface area contributed by atoms with Crippen molar-refractivity contribution < 1.29 is 24.0 Å². The maximum atomic E-state index is 12.2. The number of benzene rings is 1. The maximum Gasteiger partial charge on any atom is 0.410 e. The van der Waals surface area contributed by atoms with Crippen LogP contribution in [0.4, 0.5) is 27.7 Å². The first-order chi connectivity index (χ1) is 15.6. The van der Waals surface area contributed by atoms with Crippen molar-refractivity contribution in [2.24, 2.45) is 0 Å². The van der Waals surface area contributed by atoms with Gasteiger partial charge in [-0.25, -0.2) is 14.6 Å². The van der Waals surface area contributed by atoms with Crippen molar-refractivity contribution in [1.82, 2.24) is 9.88 Å². The van der Waals surface area contributed by atoms with Crippen LogP contribution in [0, 0.1) is 10.1 Å². The van der Waals surface area contributed by atoms with Crippen molar-refractivity contribution in [1.29, 1.82) is 0 Å². The summed E-state index contributed by atoms with van der Waals surface area (Å²) in [6.07, 6.45) is 1.23. The predicted octanol–water partition coefficient (Wildman–Crippen LogP) is 3.58. The van der Waals surface area contributed by atoms with Crippen molar-refractivity contribution in [3.63, 3.8) is 0 Å². The Labute approximate surface area is 191 Å². The number of hydrogen-bond donors (Lipinski definition) is 1. The monoisotopic (exact) mass is 457 g/mol. The summed E-state index contributed by atoms with van der Waals surface area (Å²) in [6, 6.07) is 7.50. The molecule has 2 heterocycles. The van der Waals surface area contributed by atoms with Crippen LogP contribution in [0.25, 0.3) is 0 Å². The molecule has 1 amide bonds. The molecule has 0 saturated carbocycles. The molecular weight excluding hydrogens is 430 g/mol. The Morgan fingerprint density at radius 1 is 1.12 bits per heavy atom. The number of anilines is 3. The average molecular weight is 457 g/mol. The van der Waals surface area contributed by atoms with Gasteiger partial charge >= 0.3 is 12.1 Å². The average Bonchev–Trinajstić information content (AvgIpc) is 2.78. The number of carbonyl (C=O) groups excluding carboxylic acids is 2. The number of rotatable bonds is 5. The summed E-state index contributed by atoms with van der Waals surface area (Å²) in [5, 5.41) is 14.3. The number of aromatic nitrogens is 1. The lowest BCUT2D eigenvalue weighted by atomic mass is 10.1. The van der Waals surface area contributed by atoms with Crippen LogP contribution in [0.15, 0.2) is 36.5 Å². The second-order valence-corrected chi connectivity index (χ2v) is 8.47. The van der Waals surface area contributed by atoms with Gasteiger partial charge in [-0.05, 0) is 45.0 Å². The molecule has 0 bridgehead atoms. The Morgan fingerprint density at radius 2 is 1.82 bits per heavy atom. The van der Waals surface area contributed by atoms with E-state index in [1.54, 1.807) is 23.2 Å². The molecule has 0 radical (unpaired) electrons. The Kier molecular flexibility index (Phi) is 7.00. The fraction of sp³-hybridized carbons (Fsp3) is 0.409. The summed E-state index contributed by atoms with van der Waals surface area (Å²) >= 11 is 0. The number of esters is 1. The molecule has 11 heteroatoms. The number of hydrogen-bond acceptors (Lipinski definition) is 9. The molecule has 0 aliphatic carbocycles. The third-order valence-corrected chi connectivity index (χ3v) is 4.90. The number of carbonyl (C=O) groups is 2. The van der Waals surface area contributed by atoms with Crippen LogP contribution in [0.3, 0.4) is 0 Å². The molecule has 33 heavy (non-hydrogen) atoms. The summed E-state index contributed by atoms with van der Waals surface area (Å²) in [7, 11) is 1.24. The highest BCUT2D eigenvalue weighted by atomic mass is 16.6. The third kappa shape index (κ3) is 6.09. The molecule has 1 aliphatic rings. The Morgan fingerprint density at radius 3 is 2.36 bits per heavy atom. The number of piperazine rings is 1. The van der Waals surface area contributed by atoms with E-state index in [0.717, 1.165) is 5.82 Å². The molecule has 1 saturated heterocycles. The third-order valence-electron chi connectivity index (χ3n) is 4.90. The molecule has 3 rings (SSSR count).